The molecule has 0 aliphatic heterocycles. The van der Waals surface area contributed by atoms with Crippen LogP contribution in [0.5, 0.6) is 5.75 Å². The molecule has 2 aromatic rings. The maximum absolute atomic E-state index is 12.4. The fraction of sp³-hybridized carbons (Fsp3) is 0.188. The lowest BCUT2D eigenvalue weighted by atomic mass is 10.1. The number of nitrogen functional groups attached to an aromatic ring is 1. The average molecular weight is 349 g/mol. The fourth-order valence-corrected chi connectivity index (χ4v) is 2.71. The van der Waals surface area contributed by atoms with Crippen LogP contribution in [0.15, 0.2) is 34.8 Å². The molecule has 2 rings (SSSR count). The zero-order chi connectivity index (χ0) is 15.6. The van der Waals surface area contributed by atoms with Crippen molar-refractivity contribution in [3.8, 4) is 5.75 Å². The van der Waals surface area contributed by atoms with E-state index in [0.29, 0.717) is 22.7 Å². The minimum Gasteiger partial charge on any atom is -0.495 e. The lowest BCUT2D eigenvalue weighted by molar-refractivity contribution is 0.102. The van der Waals surface area contributed by atoms with Crippen molar-refractivity contribution in [2.45, 2.75) is 13.8 Å². The van der Waals surface area contributed by atoms with Crippen molar-refractivity contribution >= 4 is 33.2 Å². The number of nitrogens with two attached hydrogens (primary N) is 1. The molecular formula is C16H17BrN2O2. The molecule has 4 nitrogen and oxygen atoms in total. The minimum atomic E-state index is -0.214. The van der Waals surface area contributed by atoms with Crippen LogP contribution in [0.2, 0.25) is 0 Å². The van der Waals surface area contributed by atoms with Crippen molar-refractivity contribution in [2.24, 2.45) is 0 Å². The Kier molecular flexibility index (Phi) is 4.53. The second-order valence-corrected chi connectivity index (χ2v) is 5.80. The zero-order valence-electron chi connectivity index (χ0n) is 12.2. The van der Waals surface area contributed by atoms with Gasteiger partial charge in [-0.3, -0.25) is 4.79 Å². The number of rotatable bonds is 3. The molecule has 0 radical (unpaired) electrons. The summed E-state index contributed by atoms with van der Waals surface area (Å²) in [6, 6.07) is 9.01. The van der Waals surface area contributed by atoms with Gasteiger partial charge in [0.05, 0.1) is 12.8 Å². The Balaban J connectivity index is 2.35. The molecule has 2 aromatic carbocycles. The van der Waals surface area contributed by atoms with Crippen LogP contribution in [0.1, 0.15) is 21.5 Å². The normalized spacial score (nSPS) is 10.3. The summed E-state index contributed by atoms with van der Waals surface area (Å²) < 4.78 is 6.22. The molecule has 0 fully saturated rings. The van der Waals surface area contributed by atoms with Gasteiger partial charge in [0.2, 0.25) is 0 Å². The van der Waals surface area contributed by atoms with Gasteiger partial charge in [-0.2, -0.15) is 0 Å². The highest BCUT2D eigenvalue weighted by atomic mass is 79.9. The number of aryl methyl sites for hydroxylation is 2. The first kappa shape index (κ1) is 15.4. The molecule has 0 aromatic heterocycles. The number of amides is 1. The van der Waals surface area contributed by atoms with Gasteiger partial charge in [-0.1, -0.05) is 15.9 Å². The number of benzene rings is 2. The van der Waals surface area contributed by atoms with Gasteiger partial charge in [-0.05, 0) is 55.3 Å². The second kappa shape index (κ2) is 6.18. The number of carbonyl (C=O) groups is 1. The molecule has 0 saturated carbocycles. The van der Waals surface area contributed by atoms with Gasteiger partial charge in [-0.15, -0.1) is 0 Å². The molecular weight excluding hydrogens is 332 g/mol. The van der Waals surface area contributed by atoms with Crippen molar-refractivity contribution < 1.29 is 9.53 Å². The summed E-state index contributed by atoms with van der Waals surface area (Å²) in [5, 5.41) is 2.89. The maximum Gasteiger partial charge on any atom is 0.255 e. The van der Waals surface area contributed by atoms with E-state index in [1.54, 1.807) is 19.2 Å². The van der Waals surface area contributed by atoms with E-state index in [0.717, 1.165) is 15.6 Å². The summed E-state index contributed by atoms with van der Waals surface area (Å²) in [5.74, 6) is 0.393. The van der Waals surface area contributed by atoms with Crippen LogP contribution in [0.4, 0.5) is 11.4 Å². The van der Waals surface area contributed by atoms with Gasteiger partial charge in [0.1, 0.15) is 5.75 Å². The number of carbonyl (C=O) groups excluding carboxylic acids is 1. The summed E-state index contributed by atoms with van der Waals surface area (Å²) in [7, 11) is 1.57. The molecule has 0 aliphatic rings. The Morgan fingerprint density at radius 2 is 1.90 bits per heavy atom. The molecule has 0 heterocycles. The number of nitrogens with one attached hydrogen (secondary N) is 1. The van der Waals surface area contributed by atoms with Crippen molar-refractivity contribution in [3.63, 3.8) is 0 Å². The Morgan fingerprint density at radius 3 is 2.52 bits per heavy atom. The summed E-state index contributed by atoms with van der Waals surface area (Å²) in [6.45, 7) is 3.81. The second-order valence-electron chi connectivity index (χ2n) is 4.89. The van der Waals surface area contributed by atoms with Gasteiger partial charge in [-0.25, -0.2) is 0 Å². The maximum atomic E-state index is 12.4. The SMILES string of the molecule is COc1cc(Br)cc(C)c1NC(=O)c1cc(C)cc(N)c1. The monoisotopic (exact) mass is 348 g/mol. The summed E-state index contributed by atoms with van der Waals surface area (Å²) in [6.07, 6.45) is 0. The molecule has 1 amide bonds. The Hall–Kier alpha value is -2.01. The molecule has 0 aliphatic carbocycles. The standard InChI is InChI=1S/C16H17BrN2O2/c1-9-4-11(7-13(18)5-9)16(20)19-15-10(2)6-12(17)8-14(15)21-3/h4-8H,18H2,1-3H3,(H,19,20). The van der Waals surface area contributed by atoms with Crippen molar-refractivity contribution in [1.29, 1.82) is 0 Å². The highest BCUT2D eigenvalue weighted by Gasteiger charge is 2.13. The van der Waals surface area contributed by atoms with Crippen molar-refractivity contribution in [3.05, 3.63) is 51.5 Å². The van der Waals surface area contributed by atoms with E-state index in [1.165, 1.54) is 0 Å². The van der Waals surface area contributed by atoms with Crippen LogP contribution in [-0.2, 0) is 0 Å². The van der Waals surface area contributed by atoms with Crippen LogP contribution < -0.4 is 15.8 Å². The number of hydrogen-bond donors (Lipinski definition) is 2. The number of ether oxygens (including phenoxy) is 1. The molecule has 5 heteroatoms. The first-order valence-electron chi connectivity index (χ1n) is 6.43. The molecule has 0 spiro atoms. The molecule has 0 bridgehead atoms. The van der Waals surface area contributed by atoms with E-state index in [9.17, 15) is 4.79 Å². The third-order valence-corrected chi connectivity index (χ3v) is 3.54. The van der Waals surface area contributed by atoms with Gasteiger partial charge in [0.15, 0.2) is 0 Å². The molecule has 21 heavy (non-hydrogen) atoms. The van der Waals surface area contributed by atoms with Gasteiger partial charge >= 0.3 is 0 Å². The first-order chi connectivity index (χ1) is 9.90. The molecule has 3 N–H and O–H groups in total. The summed E-state index contributed by atoms with van der Waals surface area (Å²) in [5.41, 5.74) is 9.39. The number of halogens is 1. The molecule has 0 unspecified atom stereocenters. The lowest BCUT2D eigenvalue weighted by Gasteiger charge is -2.14. The largest absolute Gasteiger partial charge is 0.495 e. The van der Waals surface area contributed by atoms with E-state index < -0.39 is 0 Å². The third kappa shape index (κ3) is 3.55. The van der Waals surface area contributed by atoms with E-state index in [-0.39, 0.29) is 5.91 Å². The molecule has 0 atom stereocenters. The average Bonchev–Trinajstić information content (AvgIpc) is 2.40. The fourth-order valence-electron chi connectivity index (χ4n) is 2.16. The molecule has 110 valence electrons. The quantitative estimate of drug-likeness (QED) is 0.826. The highest BCUT2D eigenvalue weighted by molar-refractivity contribution is 9.10. The van der Waals surface area contributed by atoms with Crippen LogP contribution in [0.3, 0.4) is 0 Å². The zero-order valence-corrected chi connectivity index (χ0v) is 13.7. The Morgan fingerprint density at radius 1 is 1.19 bits per heavy atom. The van der Waals surface area contributed by atoms with Crippen LogP contribution >= 0.6 is 15.9 Å². The Labute approximate surface area is 132 Å². The number of methoxy groups -OCH3 is 1. The van der Waals surface area contributed by atoms with Crippen LogP contribution in [-0.4, -0.2) is 13.0 Å². The first-order valence-corrected chi connectivity index (χ1v) is 7.22. The summed E-state index contributed by atoms with van der Waals surface area (Å²) in [4.78, 5) is 12.4. The van der Waals surface area contributed by atoms with Crippen molar-refractivity contribution in [2.75, 3.05) is 18.2 Å². The third-order valence-electron chi connectivity index (χ3n) is 3.08. The van der Waals surface area contributed by atoms with E-state index in [4.69, 9.17) is 10.5 Å². The number of hydrogen-bond acceptors (Lipinski definition) is 3. The van der Waals surface area contributed by atoms with Crippen LogP contribution in [0.25, 0.3) is 0 Å². The van der Waals surface area contributed by atoms with Gasteiger partial charge in [0, 0.05) is 15.7 Å². The number of anilines is 2. The minimum absolute atomic E-state index is 0.214. The van der Waals surface area contributed by atoms with Crippen molar-refractivity contribution in [1.82, 2.24) is 0 Å². The van der Waals surface area contributed by atoms with E-state index >= 15 is 0 Å². The predicted octanol–water partition coefficient (Wildman–Crippen LogP) is 3.91. The van der Waals surface area contributed by atoms with Gasteiger partial charge < -0.3 is 15.8 Å². The smallest absolute Gasteiger partial charge is 0.255 e. The predicted molar refractivity (Wildman–Crippen MR) is 89.0 cm³/mol. The topological polar surface area (TPSA) is 64.3 Å². The van der Waals surface area contributed by atoms with Gasteiger partial charge in [0.25, 0.3) is 5.91 Å². The molecule has 0 saturated heterocycles. The highest BCUT2D eigenvalue weighted by Crippen LogP contribution is 2.32. The Bertz CT molecular complexity index is 679. The lowest BCUT2D eigenvalue weighted by Crippen LogP contribution is -2.14. The van der Waals surface area contributed by atoms with Crippen LogP contribution in [0, 0.1) is 13.8 Å². The van der Waals surface area contributed by atoms with E-state index in [2.05, 4.69) is 21.2 Å². The summed E-state index contributed by atoms with van der Waals surface area (Å²) >= 11 is 3.41. The van der Waals surface area contributed by atoms with E-state index in [1.807, 2.05) is 32.0 Å².